The Kier molecular flexibility index (Phi) is 5.65. The molecule has 0 saturated carbocycles. The second kappa shape index (κ2) is 7.26. The average Bonchev–Trinajstić information content (AvgIpc) is 2.45. The number of rotatable bonds is 8. The van der Waals surface area contributed by atoms with Crippen LogP contribution in [0.15, 0.2) is 24.3 Å². The minimum atomic E-state index is -2.46. The predicted molar refractivity (Wildman–Crippen MR) is 76.1 cm³/mol. The zero-order chi connectivity index (χ0) is 18.6. The van der Waals surface area contributed by atoms with Gasteiger partial charge in [0, 0.05) is 17.1 Å². The Labute approximate surface area is 133 Å². The Hall–Kier alpha value is -3.37. The lowest BCUT2D eigenvalue weighted by Gasteiger charge is -2.23. The van der Waals surface area contributed by atoms with Crippen LogP contribution in [0.5, 0.6) is 0 Å². The highest BCUT2D eigenvalue weighted by molar-refractivity contribution is 5.98. The van der Waals surface area contributed by atoms with Crippen molar-refractivity contribution in [3.63, 3.8) is 0 Å². The first-order valence-electron chi connectivity index (χ1n) is 6.41. The van der Waals surface area contributed by atoms with E-state index in [2.05, 4.69) is 0 Å². The molecule has 0 amide bonds. The molecule has 0 aliphatic carbocycles. The molecule has 3 unspecified atom stereocenters. The topological polar surface area (TPSA) is 178 Å². The Morgan fingerprint density at radius 1 is 1.08 bits per heavy atom. The van der Waals surface area contributed by atoms with Crippen LogP contribution < -0.4 is 0 Å². The molecular formula is C13H12N2O9. The molecule has 0 heterocycles. The van der Waals surface area contributed by atoms with E-state index >= 15 is 0 Å². The average molecular weight is 340 g/mol. The summed E-state index contributed by atoms with van der Waals surface area (Å²) in [5.74, 6) is -8.67. The van der Waals surface area contributed by atoms with Gasteiger partial charge in [-0.25, -0.2) is 4.79 Å². The second-order valence-electron chi connectivity index (χ2n) is 4.87. The molecule has 11 heteroatoms. The number of carbonyl (C=O) groups excluding carboxylic acids is 1. The molecule has 0 spiro atoms. The van der Waals surface area contributed by atoms with Gasteiger partial charge in [0.1, 0.15) is 11.7 Å². The number of hydrogen-bond acceptors (Lipinski definition) is 7. The van der Waals surface area contributed by atoms with Crippen LogP contribution in [0.3, 0.4) is 0 Å². The first kappa shape index (κ1) is 18.7. The van der Waals surface area contributed by atoms with Gasteiger partial charge in [-0.15, -0.1) is 0 Å². The first-order chi connectivity index (χ1) is 11.1. The zero-order valence-electron chi connectivity index (χ0n) is 12.2. The van der Waals surface area contributed by atoms with Crippen LogP contribution in [0.25, 0.3) is 0 Å². The zero-order valence-corrected chi connectivity index (χ0v) is 12.2. The highest BCUT2D eigenvalue weighted by Crippen LogP contribution is 2.33. The monoisotopic (exact) mass is 340 g/mol. The van der Waals surface area contributed by atoms with Crippen molar-refractivity contribution in [3.05, 3.63) is 50.1 Å². The second-order valence-corrected chi connectivity index (χ2v) is 4.87. The van der Waals surface area contributed by atoms with Gasteiger partial charge >= 0.3 is 18.0 Å². The lowest BCUT2D eigenvalue weighted by molar-refractivity contribution is -0.515. The van der Waals surface area contributed by atoms with E-state index in [0.717, 1.165) is 31.2 Å². The Morgan fingerprint density at radius 2 is 1.67 bits per heavy atom. The van der Waals surface area contributed by atoms with E-state index in [9.17, 15) is 39.7 Å². The van der Waals surface area contributed by atoms with E-state index in [0.29, 0.717) is 0 Å². The number of aliphatic carboxylic acids is 2. The lowest BCUT2D eigenvalue weighted by atomic mass is 9.78. The van der Waals surface area contributed by atoms with Crippen molar-refractivity contribution in [3.8, 4) is 0 Å². The fraction of sp³-hybridized carbons (Fsp3) is 0.308. The molecule has 11 nitrogen and oxygen atoms in total. The van der Waals surface area contributed by atoms with Crippen LogP contribution in [-0.4, -0.2) is 43.8 Å². The van der Waals surface area contributed by atoms with Crippen LogP contribution in [0.2, 0.25) is 0 Å². The van der Waals surface area contributed by atoms with Crippen LogP contribution in [0, 0.1) is 26.1 Å². The van der Waals surface area contributed by atoms with Gasteiger partial charge in [0.2, 0.25) is 0 Å². The third kappa shape index (κ3) is 3.88. The standard InChI is InChI=1S/C13H12N2O9/c1-6(16)9(12(17)18)10(11(13(19)20)15(23)24)7-3-2-4-8(5-7)14(21)22/h2-5,9-11H,1H3,(H,17,18)(H,19,20). The Bertz CT molecular complexity index is 655. The minimum absolute atomic E-state index is 0.295. The maximum atomic E-state index is 11.6. The summed E-state index contributed by atoms with van der Waals surface area (Å²) < 4.78 is 0. The van der Waals surface area contributed by atoms with Gasteiger partial charge in [0.15, 0.2) is 0 Å². The van der Waals surface area contributed by atoms with Crippen molar-refractivity contribution < 1.29 is 34.4 Å². The maximum absolute atomic E-state index is 11.6. The van der Waals surface area contributed by atoms with Crippen molar-refractivity contribution in [2.24, 2.45) is 5.92 Å². The maximum Gasteiger partial charge on any atom is 0.379 e. The molecular weight excluding hydrogens is 328 g/mol. The molecule has 24 heavy (non-hydrogen) atoms. The van der Waals surface area contributed by atoms with Crippen LogP contribution in [-0.2, 0) is 14.4 Å². The van der Waals surface area contributed by atoms with Gasteiger partial charge in [0.25, 0.3) is 5.69 Å². The number of hydrogen-bond donors (Lipinski definition) is 2. The van der Waals surface area contributed by atoms with Gasteiger partial charge < -0.3 is 10.2 Å². The third-order valence-electron chi connectivity index (χ3n) is 3.35. The molecule has 1 aromatic rings. The number of nitro groups is 2. The molecule has 0 aromatic heterocycles. The number of non-ortho nitro benzene ring substituents is 1. The number of Topliss-reactive ketones (excluding diaryl/α,β-unsaturated/α-hetero) is 1. The summed E-state index contributed by atoms with van der Waals surface area (Å²) in [4.78, 5) is 54.1. The summed E-state index contributed by atoms with van der Waals surface area (Å²) >= 11 is 0. The summed E-state index contributed by atoms with van der Waals surface area (Å²) in [6.45, 7) is 0.849. The molecule has 0 radical (unpaired) electrons. The van der Waals surface area contributed by atoms with Crippen molar-refractivity contribution in [1.29, 1.82) is 0 Å². The number of ketones is 1. The molecule has 0 aliphatic rings. The van der Waals surface area contributed by atoms with E-state index < -0.39 is 51.1 Å². The van der Waals surface area contributed by atoms with Crippen molar-refractivity contribution in [2.45, 2.75) is 18.9 Å². The number of benzene rings is 1. The predicted octanol–water partition coefficient (Wildman–Crippen LogP) is 0.698. The van der Waals surface area contributed by atoms with E-state index in [1.807, 2.05) is 0 Å². The summed E-state index contributed by atoms with van der Waals surface area (Å²) in [5, 5.41) is 40.2. The Balaban J connectivity index is 3.64. The third-order valence-corrected chi connectivity index (χ3v) is 3.35. The smallest absolute Gasteiger partial charge is 0.379 e. The molecule has 3 atom stereocenters. The molecule has 2 N–H and O–H groups in total. The van der Waals surface area contributed by atoms with Crippen molar-refractivity contribution in [1.82, 2.24) is 0 Å². The lowest BCUT2D eigenvalue weighted by Crippen LogP contribution is -2.43. The SMILES string of the molecule is CC(=O)C(C(=O)O)C(c1cccc([N+](=O)[O-])c1)C(C(=O)O)[N+](=O)[O-]. The number of carboxylic acid groups (broad SMARTS) is 2. The fourth-order valence-electron chi connectivity index (χ4n) is 2.36. The summed E-state index contributed by atoms with van der Waals surface area (Å²) in [6, 6.07) is 1.64. The molecule has 128 valence electrons. The number of carboxylic acids is 2. The van der Waals surface area contributed by atoms with E-state index in [-0.39, 0.29) is 5.56 Å². The molecule has 0 aliphatic heterocycles. The molecule has 1 rings (SSSR count). The number of carbonyl (C=O) groups is 3. The highest BCUT2D eigenvalue weighted by Gasteiger charge is 2.49. The van der Waals surface area contributed by atoms with E-state index in [1.54, 1.807) is 0 Å². The number of nitro benzene ring substituents is 1. The van der Waals surface area contributed by atoms with Gasteiger partial charge in [-0.2, -0.15) is 0 Å². The van der Waals surface area contributed by atoms with Crippen molar-refractivity contribution >= 4 is 23.4 Å². The molecule has 1 aromatic carbocycles. The Morgan fingerprint density at radius 3 is 2.04 bits per heavy atom. The first-order valence-corrected chi connectivity index (χ1v) is 6.41. The van der Waals surface area contributed by atoms with Gasteiger partial charge in [-0.05, 0) is 12.5 Å². The quantitative estimate of drug-likeness (QED) is 0.391. The molecule has 0 saturated heterocycles. The summed E-state index contributed by atoms with van der Waals surface area (Å²) in [5.41, 5.74) is -0.812. The number of nitrogens with zero attached hydrogens (tertiary/aromatic N) is 2. The van der Waals surface area contributed by atoms with E-state index in [4.69, 9.17) is 5.11 Å². The van der Waals surface area contributed by atoms with Crippen molar-refractivity contribution in [2.75, 3.05) is 0 Å². The van der Waals surface area contributed by atoms with Gasteiger partial charge in [-0.1, -0.05) is 12.1 Å². The normalized spacial score (nSPS) is 14.2. The summed E-state index contributed by atoms with van der Waals surface area (Å²) in [6.07, 6.45) is 0. The summed E-state index contributed by atoms with van der Waals surface area (Å²) in [7, 11) is 0. The van der Waals surface area contributed by atoms with E-state index in [1.165, 1.54) is 0 Å². The minimum Gasteiger partial charge on any atom is -0.481 e. The molecule has 0 fully saturated rings. The van der Waals surface area contributed by atoms with Gasteiger partial charge in [-0.3, -0.25) is 29.8 Å². The molecule has 0 bridgehead atoms. The fourth-order valence-corrected chi connectivity index (χ4v) is 2.36. The van der Waals surface area contributed by atoms with Crippen LogP contribution in [0.4, 0.5) is 5.69 Å². The van der Waals surface area contributed by atoms with Crippen LogP contribution >= 0.6 is 0 Å². The largest absolute Gasteiger partial charge is 0.481 e. The van der Waals surface area contributed by atoms with Crippen LogP contribution in [0.1, 0.15) is 18.4 Å². The highest BCUT2D eigenvalue weighted by atomic mass is 16.6. The van der Waals surface area contributed by atoms with Gasteiger partial charge in [0.05, 0.1) is 10.8 Å².